The number of aromatic nitrogens is 2. The molecule has 1 atom stereocenters. The van der Waals surface area contributed by atoms with Crippen molar-refractivity contribution in [2.75, 3.05) is 45.0 Å². The molecule has 316 valence electrons. The molecule has 11 heteroatoms. The van der Waals surface area contributed by atoms with Gasteiger partial charge >= 0.3 is 0 Å². The van der Waals surface area contributed by atoms with Gasteiger partial charge in [-0.1, -0.05) is 42.5 Å². The number of fused-ring (bicyclic) bond motifs is 2. The number of hydrogen-bond acceptors (Lipinski definition) is 6. The van der Waals surface area contributed by atoms with Crippen LogP contribution >= 0.6 is 0 Å². The molecule has 5 aromatic carbocycles. The van der Waals surface area contributed by atoms with Crippen LogP contribution in [0.5, 0.6) is 0 Å². The van der Waals surface area contributed by atoms with E-state index in [4.69, 9.17) is 9.97 Å². The molecule has 0 unspecified atom stereocenters. The van der Waals surface area contributed by atoms with Crippen molar-refractivity contribution >= 4 is 34.2 Å². The monoisotopic (exact) mass is 826 g/mol. The second-order valence-corrected chi connectivity index (χ2v) is 16.8. The number of nitrogens with zero attached hydrogens (tertiary/aromatic N) is 4. The molecule has 1 heterocycles. The molecule has 1 fully saturated rings. The van der Waals surface area contributed by atoms with E-state index in [1.165, 1.54) is 35.7 Å². The van der Waals surface area contributed by atoms with Gasteiger partial charge in [-0.05, 0) is 160 Å². The van der Waals surface area contributed by atoms with Gasteiger partial charge in [-0.3, -0.25) is 9.59 Å². The largest absolute Gasteiger partial charge is 0.362 e. The minimum atomic E-state index is -1.01. The first-order valence-electron chi connectivity index (χ1n) is 21.0. The highest BCUT2D eigenvalue weighted by atomic mass is 19.2. The van der Waals surface area contributed by atoms with Crippen molar-refractivity contribution in [3.05, 3.63) is 155 Å². The van der Waals surface area contributed by atoms with Crippen LogP contribution in [0.3, 0.4) is 0 Å². The Balaban J connectivity index is 0.000000184. The molecule has 1 saturated carbocycles. The van der Waals surface area contributed by atoms with Crippen LogP contribution in [0.1, 0.15) is 69.8 Å². The Morgan fingerprint density at radius 2 is 1.36 bits per heavy atom. The lowest BCUT2D eigenvalue weighted by atomic mass is 9.83. The van der Waals surface area contributed by atoms with Crippen molar-refractivity contribution in [1.82, 2.24) is 20.2 Å². The van der Waals surface area contributed by atoms with Crippen LogP contribution in [0.25, 0.3) is 22.0 Å². The zero-order valence-corrected chi connectivity index (χ0v) is 35.2. The normalized spacial score (nSPS) is 17.2. The quantitative estimate of drug-likeness (QED) is 0.143. The number of anilines is 2. The summed E-state index contributed by atoms with van der Waals surface area (Å²) in [7, 11) is 8.22. The van der Waals surface area contributed by atoms with Crippen molar-refractivity contribution in [2.45, 2.75) is 57.4 Å². The van der Waals surface area contributed by atoms with E-state index in [2.05, 4.69) is 41.8 Å². The van der Waals surface area contributed by atoms with Crippen LogP contribution in [0.15, 0.2) is 109 Å². The number of carbonyl (C=O) groups is 2. The van der Waals surface area contributed by atoms with E-state index in [0.29, 0.717) is 17.4 Å². The predicted octanol–water partition coefficient (Wildman–Crippen LogP) is 9.92. The lowest BCUT2D eigenvalue weighted by molar-refractivity contribution is 0.0920. The Morgan fingerprint density at radius 3 is 2.05 bits per heavy atom. The Morgan fingerprint density at radius 1 is 0.672 bits per heavy atom. The maximum atomic E-state index is 13.4. The number of para-hydroxylation sites is 1. The highest BCUT2D eigenvalue weighted by Crippen LogP contribution is 2.31. The minimum absolute atomic E-state index is 0.0340. The number of benzene rings is 5. The van der Waals surface area contributed by atoms with Gasteiger partial charge in [0.1, 0.15) is 17.5 Å². The zero-order chi connectivity index (χ0) is 43.0. The lowest BCUT2D eigenvalue weighted by Gasteiger charge is -2.29. The van der Waals surface area contributed by atoms with Crippen LogP contribution in [-0.2, 0) is 19.3 Å². The van der Waals surface area contributed by atoms with Crippen LogP contribution < -0.4 is 15.5 Å². The highest BCUT2D eigenvalue weighted by molar-refractivity contribution is 6.04. The average molecular weight is 827 g/mol. The number of nitrogens with one attached hydrogen (secondary N) is 2. The molecule has 0 aliphatic heterocycles. The Kier molecular flexibility index (Phi) is 13.8. The van der Waals surface area contributed by atoms with Gasteiger partial charge in [0.25, 0.3) is 11.8 Å². The summed E-state index contributed by atoms with van der Waals surface area (Å²) in [4.78, 5) is 38.9. The predicted molar refractivity (Wildman–Crippen MR) is 237 cm³/mol. The van der Waals surface area contributed by atoms with Crippen molar-refractivity contribution in [1.29, 1.82) is 0 Å². The summed E-state index contributed by atoms with van der Waals surface area (Å²) in [6.45, 7) is 1.12. The molecule has 2 aliphatic carbocycles. The summed E-state index contributed by atoms with van der Waals surface area (Å²) in [6, 6.07) is 31.3. The molecular formula is C50H53F3N6O2. The highest BCUT2D eigenvalue weighted by Gasteiger charge is 2.25. The summed E-state index contributed by atoms with van der Waals surface area (Å²) in [5.41, 5.74) is 7.14. The molecule has 2 N–H and O–H groups in total. The molecule has 1 aromatic heterocycles. The molecule has 2 amide bonds. The summed E-state index contributed by atoms with van der Waals surface area (Å²) in [5.74, 6) is 0.213. The Bertz CT molecular complexity index is 2470. The van der Waals surface area contributed by atoms with E-state index < -0.39 is 11.6 Å². The third-order valence-corrected chi connectivity index (χ3v) is 11.6. The SMILES string of the molecule is CN(C)C[C@@H]1CCc2cc(NC(=O)c3ccc(-c4ccc(F)cc4)cc3)ccc2C1.CN(C)c1nc(CC2CCC(NC(=O)c3ccc(F)c(F)c3)CC2)nc2ccccc12. The standard InChI is InChI=1S/C26H27FN2O.C24H26F2N4O/c1-29(2)17-18-3-4-23-16-25(14-11-22(23)15-18)28-26(30)21-7-5-19(6-8-21)20-9-12-24(27)13-10-20;1-30(2)23-18-5-3-4-6-21(18)28-22(29-23)13-15-7-10-17(11-8-15)27-24(31)16-9-12-19(25)20(26)14-16/h5-14,16,18H,3-4,15,17H2,1-2H3,(H,28,30);3-6,9,12,14-15,17H,7-8,10-11,13H2,1-2H3,(H,27,31)/t18-;/m1./s1. The fourth-order valence-corrected chi connectivity index (χ4v) is 8.45. The molecule has 8 nitrogen and oxygen atoms in total. The van der Waals surface area contributed by atoms with Crippen molar-refractivity contribution in [3.8, 4) is 11.1 Å². The maximum Gasteiger partial charge on any atom is 0.255 e. The molecule has 6 aromatic rings. The molecular weight excluding hydrogens is 774 g/mol. The number of hydrogen-bond donors (Lipinski definition) is 2. The lowest BCUT2D eigenvalue weighted by Crippen LogP contribution is -2.38. The van der Waals surface area contributed by atoms with Crippen LogP contribution in [-0.4, -0.2) is 67.5 Å². The zero-order valence-electron chi connectivity index (χ0n) is 35.2. The van der Waals surface area contributed by atoms with Gasteiger partial charge in [0, 0.05) is 55.3 Å². The van der Waals surface area contributed by atoms with Crippen molar-refractivity contribution in [2.24, 2.45) is 11.8 Å². The van der Waals surface area contributed by atoms with Crippen LogP contribution in [0.2, 0.25) is 0 Å². The number of halogens is 3. The Labute approximate surface area is 356 Å². The number of carbonyl (C=O) groups excluding carboxylic acids is 2. The van der Waals surface area contributed by atoms with E-state index in [-0.39, 0.29) is 29.2 Å². The van der Waals surface area contributed by atoms with E-state index in [1.54, 1.807) is 24.3 Å². The summed E-state index contributed by atoms with van der Waals surface area (Å²) in [5, 5.41) is 7.01. The van der Waals surface area contributed by atoms with Crippen LogP contribution in [0.4, 0.5) is 24.7 Å². The van der Waals surface area contributed by atoms with Crippen molar-refractivity contribution < 1.29 is 22.8 Å². The topological polar surface area (TPSA) is 90.5 Å². The number of amides is 2. The van der Waals surface area contributed by atoms with Crippen molar-refractivity contribution in [3.63, 3.8) is 0 Å². The van der Waals surface area contributed by atoms with Gasteiger partial charge in [0.15, 0.2) is 11.6 Å². The fraction of sp³-hybridized carbons (Fsp3) is 0.320. The van der Waals surface area contributed by atoms with Gasteiger partial charge in [-0.2, -0.15) is 0 Å². The summed E-state index contributed by atoms with van der Waals surface area (Å²) < 4.78 is 39.6. The first kappa shape index (κ1) is 43.0. The molecule has 0 radical (unpaired) electrons. The third kappa shape index (κ3) is 11.2. The van der Waals surface area contributed by atoms with E-state index in [1.807, 2.05) is 61.5 Å². The smallest absolute Gasteiger partial charge is 0.255 e. The van der Waals surface area contributed by atoms with Crippen LogP contribution in [0, 0.1) is 29.3 Å². The summed E-state index contributed by atoms with van der Waals surface area (Å²) >= 11 is 0. The molecule has 0 spiro atoms. The van der Waals surface area contributed by atoms with Gasteiger partial charge in [-0.25, -0.2) is 23.1 Å². The van der Waals surface area contributed by atoms with Gasteiger partial charge in [-0.15, -0.1) is 0 Å². The number of aryl methyl sites for hydroxylation is 1. The van der Waals surface area contributed by atoms with E-state index in [9.17, 15) is 22.8 Å². The van der Waals surface area contributed by atoms with Gasteiger partial charge in [0.2, 0.25) is 0 Å². The minimum Gasteiger partial charge on any atom is -0.362 e. The fourth-order valence-electron chi connectivity index (χ4n) is 8.45. The Hall–Kier alpha value is -6.07. The van der Waals surface area contributed by atoms with Gasteiger partial charge in [0.05, 0.1) is 5.52 Å². The second kappa shape index (κ2) is 19.5. The van der Waals surface area contributed by atoms with Gasteiger partial charge < -0.3 is 20.4 Å². The maximum absolute atomic E-state index is 13.4. The number of rotatable bonds is 10. The molecule has 0 saturated heterocycles. The third-order valence-electron chi connectivity index (χ3n) is 11.6. The van der Waals surface area contributed by atoms with E-state index in [0.717, 1.165) is 103 Å². The molecule has 2 aliphatic rings. The summed E-state index contributed by atoms with van der Waals surface area (Å²) in [6.07, 6.45) is 7.74. The first-order chi connectivity index (χ1) is 29.4. The molecule has 0 bridgehead atoms. The average Bonchev–Trinajstić information content (AvgIpc) is 3.25. The first-order valence-corrected chi connectivity index (χ1v) is 21.0. The molecule has 8 rings (SSSR count). The van der Waals surface area contributed by atoms with E-state index >= 15 is 0 Å². The molecule has 61 heavy (non-hydrogen) atoms. The second-order valence-electron chi connectivity index (χ2n) is 16.8.